The number of carbonyl (C=O) groups excluding carboxylic acids is 2. The molecule has 0 spiro atoms. The zero-order valence-electron chi connectivity index (χ0n) is 15.0. The summed E-state index contributed by atoms with van der Waals surface area (Å²) in [5.41, 5.74) is 2.00. The number of carbonyl (C=O) groups is 2. The summed E-state index contributed by atoms with van der Waals surface area (Å²) in [6.07, 6.45) is 1.58. The maximum atomic E-state index is 12.4. The molecule has 5 nitrogen and oxygen atoms in total. The summed E-state index contributed by atoms with van der Waals surface area (Å²) in [6.45, 7) is 2.72. The van der Waals surface area contributed by atoms with Gasteiger partial charge in [0.05, 0.1) is 5.69 Å². The van der Waals surface area contributed by atoms with Gasteiger partial charge < -0.3 is 15.0 Å². The fourth-order valence-electron chi connectivity index (χ4n) is 3.06. The van der Waals surface area contributed by atoms with E-state index < -0.39 is 6.10 Å². The molecule has 5 heteroatoms. The molecule has 1 aliphatic heterocycles. The molecular formula is C21H24N2O3. The molecule has 0 saturated carbocycles. The average molecular weight is 352 g/mol. The van der Waals surface area contributed by atoms with Crippen molar-refractivity contribution in [3.05, 3.63) is 60.2 Å². The number of anilines is 1. The molecule has 0 saturated heterocycles. The monoisotopic (exact) mass is 352 g/mol. The van der Waals surface area contributed by atoms with Crippen molar-refractivity contribution in [2.45, 2.75) is 32.3 Å². The number of benzene rings is 2. The predicted molar refractivity (Wildman–Crippen MR) is 101 cm³/mol. The molecule has 2 aromatic rings. The molecule has 0 aromatic heterocycles. The Morgan fingerprint density at radius 2 is 1.85 bits per heavy atom. The van der Waals surface area contributed by atoms with Crippen LogP contribution in [0.25, 0.3) is 0 Å². The number of amides is 2. The number of ether oxygens (including phenoxy) is 1. The zero-order chi connectivity index (χ0) is 18.4. The van der Waals surface area contributed by atoms with Crippen LogP contribution in [-0.4, -0.2) is 31.0 Å². The van der Waals surface area contributed by atoms with Crippen LogP contribution in [0.4, 0.5) is 5.69 Å². The molecule has 136 valence electrons. The van der Waals surface area contributed by atoms with E-state index in [0.717, 1.165) is 18.5 Å². The van der Waals surface area contributed by atoms with Crippen LogP contribution in [0.15, 0.2) is 54.6 Å². The Hall–Kier alpha value is -2.82. The SMILES string of the molecule is C[C@H]1Oc2ccccc2N(CCC(=O)NCCCc2ccccc2)C1=O. The summed E-state index contributed by atoms with van der Waals surface area (Å²) in [7, 11) is 0. The molecule has 26 heavy (non-hydrogen) atoms. The predicted octanol–water partition coefficient (Wildman–Crippen LogP) is 2.94. The summed E-state index contributed by atoms with van der Waals surface area (Å²) >= 11 is 0. The summed E-state index contributed by atoms with van der Waals surface area (Å²) < 4.78 is 5.61. The molecule has 2 amide bonds. The van der Waals surface area contributed by atoms with E-state index in [4.69, 9.17) is 4.74 Å². The first-order chi connectivity index (χ1) is 12.6. The summed E-state index contributed by atoms with van der Waals surface area (Å²) in [5.74, 6) is 0.533. The Morgan fingerprint density at radius 1 is 1.12 bits per heavy atom. The van der Waals surface area contributed by atoms with E-state index in [2.05, 4.69) is 17.4 Å². The van der Waals surface area contributed by atoms with Crippen LogP contribution in [-0.2, 0) is 16.0 Å². The van der Waals surface area contributed by atoms with Crippen LogP contribution < -0.4 is 15.0 Å². The highest BCUT2D eigenvalue weighted by atomic mass is 16.5. The van der Waals surface area contributed by atoms with Crippen molar-refractivity contribution in [2.75, 3.05) is 18.0 Å². The molecule has 2 aromatic carbocycles. The lowest BCUT2D eigenvalue weighted by molar-refractivity contribution is -0.125. The van der Waals surface area contributed by atoms with Crippen LogP contribution in [0.2, 0.25) is 0 Å². The van der Waals surface area contributed by atoms with Crippen LogP contribution in [0, 0.1) is 0 Å². The first kappa shape index (κ1) is 18.0. The van der Waals surface area contributed by atoms with Crippen molar-refractivity contribution in [3.8, 4) is 5.75 Å². The first-order valence-electron chi connectivity index (χ1n) is 9.03. The lowest BCUT2D eigenvalue weighted by Crippen LogP contribution is -2.45. The van der Waals surface area contributed by atoms with Crippen molar-refractivity contribution in [2.24, 2.45) is 0 Å². The molecule has 1 aliphatic rings. The molecule has 3 rings (SSSR count). The van der Waals surface area contributed by atoms with Gasteiger partial charge in [0.15, 0.2) is 6.10 Å². The lowest BCUT2D eigenvalue weighted by Gasteiger charge is -2.32. The minimum absolute atomic E-state index is 0.0394. The highest BCUT2D eigenvalue weighted by Crippen LogP contribution is 2.33. The van der Waals surface area contributed by atoms with Crippen molar-refractivity contribution >= 4 is 17.5 Å². The van der Waals surface area contributed by atoms with Gasteiger partial charge in [-0.2, -0.15) is 0 Å². The Balaban J connectivity index is 1.46. The highest BCUT2D eigenvalue weighted by Gasteiger charge is 2.31. The van der Waals surface area contributed by atoms with Crippen LogP contribution in [0.3, 0.4) is 0 Å². The third kappa shape index (κ3) is 4.42. The lowest BCUT2D eigenvalue weighted by atomic mass is 10.1. The van der Waals surface area contributed by atoms with Crippen molar-refractivity contribution in [3.63, 3.8) is 0 Å². The normalized spacial score (nSPS) is 16.0. The minimum atomic E-state index is -0.529. The van der Waals surface area contributed by atoms with E-state index in [9.17, 15) is 9.59 Å². The second-order valence-electron chi connectivity index (χ2n) is 6.41. The molecule has 1 heterocycles. The van der Waals surface area contributed by atoms with Gasteiger partial charge in [-0.3, -0.25) is 9.59 Å². The number of rotatable bonds is 7. The van der Waals surface area contributed by atoms with Gasteiger partial charge in [-0.15, -0.1) is 0 Å². The number of para-hydroxylation sites is 2. The van der Waals surface area contributed by atoms with Gasteiger partial charge in [0.25, 0.3) is 5.91 Å². The van der Waals surface area contributed by atoms with E-state index in [0.29, 0.717) is 18.8 Å². The molecular weight excluding hydrogens is 328 g/mol. The molecule has 0 unspecified atom stereocenters. The molecule has 1 atom stereocenters. The van der Waals surface area contributed by atoms with Crippen molar-refractivity contribution < 1.29 is 14.3 Å². The molecule has 0 fully saturated rings. The number of nitrogens with zero attached hydrogens (tertiary/aromatic N) is 1. The minimum Gasteiger partial charge on any atom is -0.479 e. The molecule has 0 bridgehead atoms. The van der Waals surface area contributed by atoms with E-state index in [1.807, 2.05) is 42.5 Å². The van der Waals surface area contributed by atoms with Gasteiger partial charge >= 0.3 is 0 Å². The topological polar surface area (TPSA) is 58.6 Å². The Morgan fingerprint density at radius 3 is 2.65 bits per heavy atom. The smallest absolute Gasteiger partial charge is 0.267 e. The first-order valence-corrected chi connectivity index (χ1v) is 9.03. The molecule has 1 N–H and O–H groups in total. The molecule has 0 radical (unpaired) electrons. The Kier molecular flexibility index (Phi) is 5.89. The van der Waals surface area contributed by atoms with Crippen molar-refractivity contribution in [1.82, 2.24) is 5.32 Å². The summed E-state index contributed by atoms with van der Waals surface area (Å²) in [5, 5.41) is 2.93. The number of nitrogens with one attached hydrogen (secondary N) is 1. The fraction of sp³-hybridized carbons (Fsp3) is 0.333. The summed E-state index contributed by atoms with van der Waals surface area (Å²) in [4.78, 5) is 26.1. The number of fused-ring (bicyclic) bond motifs is 1. The average Bonchev–Trinajstić information content (AvgIpc) is 2.66. The fourth-order valence-corrected chi connectivity index (χ4v) is 3.06. The van der Waals surface area contributed by atoms with E-state index in [1.165, 1.54) is 5.56 Å². The number of hydrogen-bond donors (Lipinski definition) is 1. The number of aryl methyl sites for hydroxylation is 1. The molecule has 0 aliphatic carbocycles. The second kappa shape index (κ2) is 8.52. The van der Waals surface area contributed by atoms with E-state index >= 15 is 0 Å². The summed E-state index contributed by atoms with van der Waals surface area (Å²) in [6, 6.07) is 17.6. The van der Waals surface area contributed by atoms with Gasteiger partial charge in [0.2, 0.25) is 5.91 Å². The van der Waals surface area contributed by atoms with Crippen LogP contribution in [0.5, 0.6) is 5.75 Å². The quantitative estimate of drug-likeness (QED) is 0.780. The Labute approximate surface area is 154 Å². The second-order valence-corrected chi connectivity index (χ2v) is 6.41. The van der Waals surface area contributed by atoms with Gasteiger partial charge in [-0.1, -0.05) is 42.5 Å². The third-order valence-corrected chi connectivity index (χ3v) is 4.44. The maximum absolute atomic E-state index is 12.4. The third-order valence-electron chi connectivity index (χ3n) is 4.44. The van der Waals surface area contributed by atoms with Crippen LogP contribution >= 0.6 is 0 Å². The van der Waals surface area contributed by atoms with E-state index in [1.54, 1.807) is 11.8 Å². The van der Waals surface area contributed by atoms with Crippen molar-refractivity contribution in [1.29, 1.82) is 0 Å². The van der Waals surface area contributed by atoms with E-state index in [-0.39, 0.29) is 18.2 Å². The largest absolute Gasteiger partial charge is 0.479 e. The van der Waals surface area contributed by atoms with Gasteiger partial charge in [-0.25, -0.2) is 0 Å². The van der Waals surface area contributed by atoms with Gasteiger partial charge in [0.1, 0.15) is 5.75 Å². The Bertz CT molecular complexity index is 761. The van der Waals surface area contributed by atoms with Gasteiger partial charge in [0, 0.05) is 19.5 Å². The van der Waals surface area contributed by atoms with Crippen LogP contribution in [0.1, 0.15) is 25.3 Å². The maximum Gasteiger partial charge on any atom is 0.267 e. The zero-order valence-corrected chi connectivity index (χ0v) is 15.0. The number of hydrogen-bond acceptors (Lipinski definition) is 3. The van der Waals surface area contributed by atoms with Gasteiger partial charge in [-0.05, 0) is 37.5 Å². The highest BCUT2D eigenvalue weighted by molar-refractivity contribution is 6.00. The standard InChI is InChI=1S/C21H24N2O3/c1-16-21(25)23(18-11-5-6-12-19(18)26-16)15-13-20(24)22-14-7-10-17-8-3-2-4-9-17/h2-6,8-9,11-12,16H,7,10,13-15H2,1H3,(H,22,24)/t16-/m1/s1.